The van der Waals surface area contributed by atoms with E-state index in [2.05, 4.69) is 0 Å². The topological polar surface area (TPSA) is 46.3 Å². The van der Waals surface area contributed by atoms with Gasteiger partial charge in [-0.1, -0.05) is 24.3 Å². The second-order valence-electron chi connectivity index (χ2n) is 6.07. The number of benzene rings is 2. The van der Waals surface area contributed by atoms with Gasteiger partial charge < -0.3 is 10.6 Å². The Morgan fingerprint density at radius 1 is 1.09 bits per heavy atom. The summed E-state index contributed by atoms with van der Waals surface area (Å²) in [5, 5.41) is 0. The lowest BCUT2D eigenvalue weighted by Gasteiger charge is -2.36. The molecule has 1 fully saturated rings. The minimum Gasteiger partial charge on any atom is -0.399 e. The maximum absolute atomic E-state index is 13.1. The summed E-state index contributed by atoms with van der Waals surface area (Å²) < 4.78 is 13.1. The molecule has 0 saturated carbocycles. The maximum atomic E-state index is 13.1. The van der Waals surface area contributed by atoms with E-state index in [0.717, 1.165) is 36.9 Å². The van der Waals surface area contributed by atoms with E-state index in [1.807, 2.05) is 29.2 Å². The summed E-state index contributed by atoms with van der Waals surface area (Å²) in [6.45, 7) is 0.760. The zero-order chi connectivity index (χ0) is 16.2. The van der Waals surface area contributed by atoms with Crippen LogP contribution in [-0.2, 0) is 11.2 Å². The molecule has 1 unspecified atom stereocenters. The third-order valence-corrected chi connectivity index (χ3v) is 4.41. The standard InChI is InChI=1S/C19H21FN2O/c20-16-8-6-15(7-9-16)18-3-1-2-12-22(18)19(23)13-14-4-10-17(21)11-5-14/h4-11,18H,1-3,12-13,21H2. The van der Waals surface area contributed by atoms with Crippen molar-refractivity contribution in [3.8, 4) is 0 Å². The minimum atomic E-state index is -0.246. The van der Waals surface area contributed by atoms with Crippen molar-refractivity contribution in [2.45, 2.75) is 31.7 Å². The molecule has 1 atom stereocenters. The van der Waals surface area contributed by atoms with Gasteiger partial charge in [-0.2, -0.15) is 0 Å². The minimum absolute atomic E-state index is 0.0469. The molecule has 0 bridgehead atoms. The highest BCUT2D eigenvalue weighted by Gasteiger charge is 2.27. The van der Waals surface area contributed by atoms with Gasteiger partial charge in [-0.3, -0.25) is 4.79 Å². The Kier molecular flexibility index (Phi) is 4.60. The fourth-order valence-corrected chi connectivity index (χ4v) is 3.17. The van der Waals surface area contributed by atoms with Crippen molar-refractivity contribution in [3.63, 3.8) is 0 Å². The summed E-state index contributed by atoms with van der Waals surface area (Å²) in [5.41, 5.74) is 8.36. The summed E-state index contributed by atoms with van der Waals surface area (Å²) in [6, 6.07) is 14.0. The van der Waals surface area contributed by atoms with Crippen molar-refractivity contribution in [1.82, 2.24) is 4.90 Å². The van der Waals surface area contributed by atoms with E-state index >= 15 is 0 Å². The van der Waals surface area contributed by atoms with Crippen LogP contribution in [0.25, 0.3) is 0 Å². The van der Waals surface area contributed by atoms with E-state index in [1.165, 1.54) is 12.1 Å². The van der Waals surface area contributed by atoms with E-state index in [9.17, 15) is 9.18 Å². The van der Waals surface area contributed by atoms with Crippen LogP contribution < -0.4 is 5.73 Å². The zero-order valence-electron chi connectivity index (χ0n) is 13.0. The molecule has 0 aromatic heterocycles. The largest absolute Gasteiger partial charge is 0.399 e. The first-order valence-corrected chi connectivity index (χ1v) is 8.03. The molecular formula is C19H21FN2O. The number of carbonyl (C=O) groups excluding carboxylic acids is 1. The lowest BCUT2D eigenvalue weighted by atomic mass is 9.94. The molecule has 4 heteroatoms. The van der Waals surface area contributed by atoms with Crippen molar-refractivity contribution in [2.75, 3.05) is 12.3 Å². The summed E-state index contributed by atoms with van der Waals surface area (Å²) in [7, 11) is 0. The van der Waals surface area contributed by atoms with Gasteiger partial charge in [-0.05, 0) is 54.7 Å². The Balaban J connectivity index is 1.76. The Hall–Kier alpha value is -2.36. The molecule has 1 heterocycles. The molecule has 3 rings (SSSR count). The maximum Gasteiger partial charge on any atom is 0.227 e. The highest BCUT2D eigenvalue weighted by Crippen LogP contribution is 2.31. The fraction of sp³-hybridized carbons (Fsp3) is 0.316. The first-order valence-electron chi connectivity index (χ1n) is 8.03. The van der Waals surface area contributed by atoms with Crippen LogP contribution in [-0.4, -0.2) is 17.4 Å². The number of halogens is 1. The molecule has 0 spiro atoms. The summed E-state index contributed by atoms with van der Waals surface area (Å²) in [6.07, 6.45) is 3.41. The molecule has 23 heavy (non-hydrogen) atoms. The Labute approximate surface area is 135 Å². The van der Waals surface area contributed by atoms with E-state index in [1.54, 1.807) is 12.1 Å². The number of hydrogen-bond acceptors (Lipinski definition) is 2. The first-order chi connectivity index (χ1) is 11.1. The molecule has 2 N–H and O–H groups in total. The molecule has 120 valence electrons. The second kappa shape index (κ2) is 6.82. The van der Waals surface area contributed by atoms with Gasteiger partial charge in [0.1, 0.15) is 5.82 Å². The molecule has 2 aromatic rings. The lowest BCUT2D eigenvalue weighted by molar-refractivity contribution is -0.134. The number of nitrogens with two attached hydrogens (primary N) is 1. The van der Waals surface area contributed by atoms with Crippen LogP contribution in [0.15, 0.2) is 48.5 Å². The molecule has 0 radical (unpaired) electrons. The molecule has 1 saturated heterocycles. The monoisotopic (exact) mass is 312 g/mol. The molecule has 0 aliphatic carbocycles. The van der Waals surface area contributed by atoms with Gasteiger partial charge >= 0.3 is 0 Å². The average Bonchev–Trinajstić information content (AvgIpc) is 2.58. The second-order valence-corrected chi connectivity index (χ2v) is 6.07. The number of anilines is 1. The van der Waals surface area contributed by atoms with Gasteiger partial charge in [-0.15, -0.1) is 0 Å². The smallest absolute Gasteiger partial charge is 0.227 e. The van der Waals surface area contributed by atoms with Crippen LogP contribution in [0.2, 0.25) is 0 Å². The van der Waals surface area contributed by atoms with Crippen molar-refractivity contribution >= 4 is 11.6 Å². The normalized spacial score (nSPS) is 18.0. The highest BCUT2D eigenvalue weighted by molar-refractivity contribution is 5.79. The zero-order valence-corrected chi connectivity index (χ0v) is 13.0. The predicted molar refractivity (Wildman–Crippen MR) is 89.3 cm³/mol. The molecule has 1 aliphatic heterocycles. The third kappa shape index (κ3) is 3.70. The molecule has 2 aromatic carbocycles. The number of amides is 1. The van der Waals surface area contributed by atoms with Gasteiger partial charge in [0.25, 0.3) is 0 Å². The summed E-state index contributed by atoms with van der Waals surface area (Å²) in [5.74, 6) is -0.131. The number of nitrogens with zero attached hydrogens (tertiary/aromatic N) is 1. The van der Waals surface area contributed by atoms with E-state index in [-0.39, 0.29) is 17.8 Å². The lowest BCUT2D eigenvalue weighted by Crippen LogP contribution is -2.39. The van der Waals surface area contributed by atoms with Crippen LogP contribution in [0.5, 0.6) is 0 Å². The highest BCUT2D eigenvalue weighted by atomic mass is 19.1. The van der Waals surface area contributed by atoms with Crippen LogP contribution in [0.1, 0.15) is 36.4 Å². The number of nitrogen functional groups attached to an aromatic ring is 1. The van der Waals surface area contributed by atoms with Crippen LogP contribution in [0.4, 0.5) is 10.1 Å². The Morgan fingerprint density at radius 3 is 2.48 bits per heavy atom. The van der Waals surface area contributed by atoms with Gasteiger partial charge in [0.05, 0.1) is 12.5 Å². The van der Waals surface area contributed by atoms with Crippen molar-refractivity contribution in [2.24, 2.45) is 0 Å². The first kappa shape index (κ1) is 15.5. The van der Waals surface area contributed by atoms with Gasteiger partial charge in [-0.25, -0.2) is 4.39 Å². The van der Waals surface area contributed by atoms with Crippen molar-refractivity contribution < 1.29 is 9.18 Å². The van der Waals surface area contributed by atoms with Crippen LogP contribution in [0.3, 0.4) is 0 Å². The van der Waals surface area contributed by atoms with Gasteiger partial charge in [0.15, 0.2) is 0 Å². The van der Waals surface area contributed by atoms with Crippen molar-refractivity contribution in [1.29, 1.82) is 0 Å². The van der Waals surface area contributed by atoms with Gasteiger partial charge in [0.2, 0.25) is 5.91 Å². The Morgan fingerprint density at radius 2 is 1.78 bits per heavy atom. The molecule has 3 nitrogen and oxygen atoms in total. The average molecular weight is 312 g/mol. The molecule has 1 aliphatic rings. The fourth-order valence-electron chi connectivity index (χ4n) is 3.17. The Bertz CT molecular complexity index is 667. The van der Waals surface area contributed by atoms with E-state index < -0.39 is 0 Å². The predicted octanol–water partition coefficient (Wildman–Crippen LogP) is 3.70. The van der Waals surface area contributed by atoms with Crippen LogP contribution >= 0.6 is 0 Å². The molecule has 1 amide bonds. The van der Waals surface area contributed by atoms with Gasteiger partial charge in [0, 0.05) is 12.2 Å². The van der Waals surface area contributed by atoms with E-state index in [4.69, 9.17) is 5.73 Å². The third-order valence-electron chi connectivity index (χ3n) is 4.41. The number of hydrogen-bond donors (Lipinski definition) is 1. The molecular weight excluding hydrogens is 291 g/mol. The number of carbonyl (C=O) groups is 1. The van der Waals surface area contributed by atoms with Crippen molar-refractivity contribution in [3.05, 3.63) is 65.5 Å². The number of piperidine rings is 1. The van der Waals surface area contributed by atoms with E-state index in [0.29, 0.717) is 12.1 Å². The number of likely N-dealkylation sites (tertiary alicyclic amines) is 1. The summed E-state index contributed by atoms with van der Waals surface area (Å²) in [4.78, 5) is 14.7. The van der Waals surface area contributed by atoms with Crippen LogP contribution in [0, 0.1) is 5.82 Å². The summed E-state index contributed by atoms with van der Waals surface area (Å²) >= 11 is 0. The quantitative estimate of drug-likeness (QED) is 0.878. The number of rotatable bonds is 3. The SMILES string of the molecule is Nc1ccc(CC(=O)N2CCCCC2c2ccc(F)cc2)cc1.